The van der Waals surface area contributed by atoms with E-state index in [1.165, 1.54) is 25.9 Å². The maximum absolute atomic E-state index is 12.5. The maximum atomic E-state index is 12.5. The summed E-state index contributed by atoms with van der Waals surface area (Å²) < 4.78 is 7.06. The number of carbonyl (C=O) groups is 2. The fourth-order valence-electron chi connectivity index (χ4n) is 4.10. The number of aryl methyl sites for hydroxylation is 1. The molecular weight excluding hydrogens is 366 g/mol. The van der Waals surface area contributed by atoms with Crippen LogP contribution < -0.4 is 5.32 Å². The third-order valence-corrected chi connectivity index (χ3v) is 5.53. The van der Waals surface area contributed by atoms with Crippen LogP contribution in [0.5, 0.6) is 0 Å². The van der Waals surface area contributed by atoms with Crippen LogP contribution in [0.2, 0.25) is 0 Å². The van der Waals surface area contributed by atoms with Gasteiger partial charge in [0.1, 0.15) is 0 Å². The first-order valence-corrected chi connectivity index (χ1v) is 10.4. The van der Waals surface area contributed by atoms with E-state index in [1.807, 2.05) is 42.0 Å². The molecule has 0 radical (unpaired) electrons. The monoisotopic (exact) mass is 393 g/mol. The Hall–Kier alpha value is -2.86. The molecule has 3 heterocycles. The molecule has 0 spiro atoms. The van der Waals surface area contributed by atoms with Crippen molar-refractivity contribution in [2.75, 3.05) is 31.6 Å². The van der Waals surface area contributed by atoms with Crippen LogP contribution >= 0.6 is 0 Å². The van der Waals surface area contributed by atoms with E-state index in [2.05, 4.69) is 10.2 Å². The summed E-state index contributed by atoms with van der Waals surface area (Å²) in [4.78, 5) is 27.3. The molecule has 2 aliphatic heterocycles. The van der Waals surface area contributed by atoms with Crippen molar-refractivity contribution in [3.63, 3.8) is 0 Å². The highest BCUT2D eigenvalue weighted by molar-refractivity contribution is 6.34. The summed E-state index contributed by atoms with van der Waals surface area (Å²) in [5.74, 6) is -0.440. The molecule has 2 aliphatic rings. The highest BCUT2D eigenvalue weighted by Gasteiger charge is 2.24. The van der Waals surface area contributed by atoms with E-state index >= 15 is 0 Å². The molecular formula is C23H27N3O3. The lowest BCUT2D eigenvalue weighted by atomic mass is 10.1. The predicted octanol–water partition coefficient (Wildman–Crippen LogP) is 3.64. The Balaban J connectivity index is 1.57. The standard InChI is InChI=1S/C23H27N3O3/c1-2-29-23(28)19-15-26(14-17(19)8-7-13-25-11-5-6-12-25)16-20-18-9-3-4-10-21(18)24-22(20)27/h3-4,9-10,14-16H,2,5-8,11-13H2,1H3,(H,24,27)/b20-16-. The van der Waals surface area contributed by atoms with Crippen molar-refractivity contribution in [3.8, 4) is 0 Å². The number of carbonyl (C=O) groups excluding carboxylic acids is 2. The van der Waals surface area contributed by atoms with Crippen molar-refractivity contribution in [1.82, 2.24) is 9.47 Å². The highest BCUT2D eigenvalue weighted by Crippen LogP contribution is 2.32. The summed E-state index contributed by atoms with van der Waals surface area (Å²) in [7, 11) is 0. The molecule has 1 fully saturated rings. The molecule has 0 unspecified atom stereocenters. The number of benzene rings is 1. The lowest BCUT2D eigenvalue weighted by molar-refractivity contribution is -0.110. The number of amides is 1. The first-order chi connectivity index (χ1) is 14.2. The molecule has 0 saturated carbocycles. The average molecular weight is 393 g/mol. The number of hydrogen-bond donors (Lipinski definition) is 1. The molecule has 6 nitrogen and oxygen atoms in total. The number of fused-ring (bicyclic) bond motifs is 1. The van der Waals surface area contributed by atoms with Gasteiger partial charge < -0.3 is 19.5 Å². The molecule has 4 rings (SSSR count). The largest absolute Gasteiger partial charge is 0.462 e. The Morgan fingerprint density at radius 2 is 2.00 bits per heavy atom. The Morgan fingerprint density at radius 3 is 2.79 bits per heavy atom. The zero-order chi connectivity index (χ0) is 20.2. The van der Waals surface area contributed by atoms with Gasteiger partial charge in [-0.15, -0.1) is 0 Å². The van der Waals surface area contributed by atoms with Gasteiger partial charge in [0.25, 0.3) is 5.91 Å². The Morgan fingerprint density at radius 1 is 1.21 bits per heavy atom. The molecule has 1 saturated heterocycles. The minimum atomic E-state index is -0.308. The van der Waals surface area contributed by atoms with Crippen molar-refractivity contribution < 1.29 is 14.3 Å². The van der Waals surface area contributed by atoms with Gasteiger partial charge >= 0.3 is 5.97 Å². The maximum Gasteiger partial charge on any atom is 0.339 e. The summed E-state index contributed by atoms with van der Waals surface area (Å²) >= 11 is 0. The summed E-state index contributed by atoms with van der Waals surface area (Å²) in [6.45, 7) is 5.54. The van der Waals surface area contributed by atoms with Gasteiger partial charge in [-0.2, -0.15) is 0 Å². The van der Waals surface area contributed by atoms with E-state index < -0.39 is 0 Å². The van der Waals surface area contributed by atoms with Gasteiger partial charge in [-0.1, -0.05) is 18.2 Å². The molecule has 29 heavy (non-hydrogen) atoms. The van der Waals surface area contributed by atoms with Crippen LogP contribution in [0.3, 0.4) is 0 Å². The molecule has 0 atom stereocenters. The lowest BCUT2D eigenvalue weighted by Crippen LogP contribution is -2.20. The molecule has 1 N–H and O–H groups in total. The van der Waals surface area contributed by atoms with Crippen molar-refractivity contribution in [2.45, 2.75) is 32.6 Å². The number of aromatic nitrogens is 1. The number of likely N-dealkylation sites (tertiary alicyclic amines) is 1. The van der Waals surface area contributed by atoms with E-state index in [0.717, 1.165) is 36.2 Å². The average Bonchev–Trinajstić information content (AvgIpc) is 3.43. The molecule has 1 amide bonds. The highest BCUT2D eigenvalue weighted by atomic mass is 16.5. The van der Waals surface area contributed by atoms with E-state index in [1.54, 1.807) is 12.4 Å². The van der Waals surface area contributed by atoms with Gasteiger partial charge in [0.2, 0.25) is 0 Å². The minimum absolute atomic E-state index is 0.131. The number of nitrogens with zero attached hydrogens (tertiary/aromatic N) is 2. The van der Waals surface area contributed by atoms with Gasteiger partial charge in [-0.3, -0.25) is 4.79 Å². The van der Waals surface area contributed by atoms with Crippen molar-refractivity contribution >= 4 is 29.3 Å². The first kappa shape index (κ1) is 19.5. The Labute approximate surface area is 171 Å². The van der Waals surface area contributed by atoms with Gasteiger partial charge in [-0.05, 0) is 63.9 Å². The molecule has 152 valence electrons. The number of nitrogens with one attached hydrogen (secondary N) is 1. The number of ether oxygens (including phenoxy) is 1. The minimum Gasteiger partial charge on any atom is -0.462 e. The number of esters is 1. The number of anilines is 1. The molecule has 0 aliphatic carbocycles. The summed E-state index contributed by atoms with van der Waals surface area (Å²) in [6, 6.07) is 7.62. The smallest absolute Gasteiger partial charge is 0.339 e. The molecule has 1 aromatic carbocycles. The number of rotatable bonds is 7. The fraction of sp³-hybridized carbons (Fsp3) is 0.391. The van der Waals surface area contributed by atoms with Crippen LogP contribution in [0.25, 0.3) is 11.8 Å². The second-order valence-corrected chi connectivity index (χ2v) is 7.56. The van der Waals surface area contributed by atoms with Crippen molar-refractivity contribution in [1.29, 1.82) is 0 Å². The van der Waals surface area contributed by atoms with E-state index in [-0.39, 0.29) is 11.9 Å². The SMILES string of the molecule is CCOC(=O)c1cn(/C=C2\C(=O)Nc3ccccc32)cc1CCCN1CCCC1. The first-order valence-electron chi connectivity index (χ1n) is 10.4. The van der Waals surface area contributed by atoms with Gasteiger partial charge in [0, 0.05) is 29.8 Å². The second-order valence-electron chi connectivity index (χ2n) is 7.56. The second kappa shape index (κ2) is 8.66. The van der Waals surface area contributed by atoms with E-state index in [0.29, 0.717) is 17.7 Å². The van der Waals surface area contributed by atoms with Gasteiger partial charge in [-0.25, -0.2) is 4.79 Å². The summed E-state index contributed by atoms with van der Waals surface area (Å²) in [6.07, 6.45) is 9.86. The van der Waals surface area contributed by atoms with Crippen molar-refractivity contribution in [2.24, 2.45) is 0 Å². The van der Waals surface area contributed by atoms with Crippen LogP contribution in [0, 0.1) is 0 Å². The molecule has 6 heteroatoms. The predicted molar refractivity (Wildman–Crippen MR) is 114 cm³/mol. The Kier molecular flexibility index (Phi) is 5.81. The van der Waals surface area contributed by atoms with Crippen LogP contribution in [0.4, 0.5) is 5.69 Å². The topological polar surface area (TPSA) is 63.6 Å². The van der Waals surface area contributed by atoms with E-state index in [4.69, 9.17) is 4.74 Å². The Bertz CT molecular complexity index is 939. The number of hydrogen-bond acceptors (Lipinski definition) is 4. The van der Waals surface area contributed by atoms with Crippen LogP contribution in [0.1, 0.15) is 47.7 Å². The van der Waals surface area contributed by atoms with Gasteiger partial charge in [0.05, 0.1) is 17.7 Å². The zero-order valence-electron chi connectivity index (χ0n) is 16.8. The van der Waals surface area contributed by atoms with Crippen molar-refractivity contribution in [3.05, 3.63) is 53.3 Å². The fourth-order valence-corrected chi connectivity index (χ4v) is 4.10. The number of para-hydroxylation sites is 1. The molecule has 0 bridgehead atoms. The van der Waals surface area contributed by atoms with Crippen LogP contribution in [-0.4, -0.2) is 47.6 Å². The third kappa shape index (κ3) is 4.27. The molecule has 1 aromatic heterocycles. The van der Waals surface area contributed by atoms with E-state index in [9.17, 15) is 9.59 Å². The van der Waals surface area contributed by atoms with Crippen LogP contribution in [0.15, 0.2) is 36.7 Å². The normalized spacial score (nSPS) is 17.6. The summed E-state index contributed by atoms with van der Waals surface area (Å²) in [5, 5.41) is 2.88. The quantitative estimate of drug-likeness (QED) is 0.576. The molecule has 2 aromatic rings. The lowest BCUT2D eigenvalue weighted by Gasteiger charge is -2.13. The van der Waals surface area contributed by atoms with Gasteiger partial charge in [0.15, 0.2) is 0 Å². The third-order valence-electron chi connectivity index (χ3n) is 5.53. The van der Waals surface area contributed by atoms with Crippen LogP contribution in [-0.2, 0) is 16.0 Å². The summed E-state index contributed by atoms with van der Waals surface area (Å²) in [5.41, 5.74) is 3.82. The zero-order valence-corrected chi connectivity index (χ0v) is 16.8.